The van der Waals surface area contributed by atoms with Gasteiger partial charge in [-0.05, 0) is 38.2 Å². The van der Waals surface area contributed by atoms with Crippen LogP contribution in [0.3, 0.4) is 0 Å². The molecule has 2 N–H and O–H groups in total. The van der Waals surface area contributed by atoms with Gasteiger partial charge in [-0.25, -0.2) is 4.99 Å². The largest absolute Gasteiger partial charge is 0.376 e. The summed E-state index contributed by atoms with van der Waals surface area (Å²) in [5.74, 6) is 0.633. The van der Waals surface area contributed by atoms with Crippen molar-refractivity contribution in [1.29, 1.82) is 0 Å². The average Bonchev–Trinajstić information content (AvgIpc) is 3.39. The van der Waals surface area contributed by atoms with E-state index in [1.807, 2.05) is 6.07 Å². The van der Waals surface area contributed by atoms with Gasteiger partial charge in [0.05, 0.1) is 30.9 Å². The third-order valence-corrected chi connectivity index (χ3v) is 5.44. The molecule has 0 bridgehead atoms. The molecule has 3 rings (SSSR count). The summed E-state index contributed by atoms with van der Waals surface area (Å²) in [7, 11) is 3.50. The van der Waals surface area contributed by atoms with E-state index in [4.69, 9.17) is 9.84 Å². The molecule has 28 heavy (non-hydrogen) atoms. The number of carbonyl (C=O) groups is 1. The lowest BCUT2D eigenvalue weighted by molar-refractivity contribution is -0.127. The van der Waals surface area contributed by atoms with Crippen LogP contribution >= 0.6 is 0 Å². The van der Waals surface area contributed by atoms with Crippen LogP contribution in [0.2, 0.25) is 0 Å². The van der Waals surface area contributed by atoms with Crippen LogP contribution in [-0.4, -0.2) is 66.4 Å². The number of hydrogen-bond acceptors (Lipinski definition) is 4. The fourth-order valence-corrected chi connectivity index (χ4v) is 3.66. The number of hydrogen-bond donors (Lipinski definition) is 2. The van der Waals surface area contributed by atoms with Crippen molar-refractivity contribution < 1.29 is 9.53 Å². The Hall–Kier alpha value is -2.09. The second-order valence-electron chi connectivity index (χ2n) is 7.90. The Labute approximate surface area is 167 Å². The zero-order chi connectivity index (χ0) is 19.8. The maximum atomic E-state index is 11.9. The van der Waals surface area contributed by atoms with Gasteiger partial charge < -0.3 is 20.3 Å². The Morgan fingerprint density at radius 3 is 2.75 bits per heavy atom. The number of rotatable bonds is 7. The Bertz CT molecular complexity index is 645. The zero-order valence-corrected chi connectivity index (χ0v) is 17.2. The molecule has 1 aromatic heterocycles. The molecule has 0 aromatic carbocycles. The number of guanidine groups is 1. The zero-order valence-electron chi connectivity index (χ0n) is 17.2. The summed E-state index contributed by atoms with van der Waals surface area (Å²) in [5.41, 5.74) is 0.945. The van der Waals surface area contributed by atoms with Gasteiger partial charge >= 0.3 is 0 Å². The maximum Gasteiger partial charge on any atom is 0.241 e. The van der Waals surface area contributed by atoms with Crippen molar-refractivity contribution in [1.82, 2.24) is 25.3 Å². The number of carbonyl (C=O) groups excluding carboxylic acids is 1. The first-order valence-corrected chi connectivity index (χ1v) is 10.5. The number of ether oxygens (including phenoxy) is 1. The molecule has 0 radical (unpaired) electrons. The molecule has 1 unspecified atom stereocenters. The highest BCUT2D eigenvalue weighted by Crippen LogP contribution is 2.28. The van der Waals surface area contributed by atoms with Gasteiger partial charge in [0.15, 0.2) is 5.96 Å². The molecule has 8 heteroatoms. The first kappa shape index (κ1) is 20.6. The Kier molecular flexibility index (Phi) is 7.71. The molecule has 1 saturated carbocycles. The molecule has 0 spiro atoms. The van der Waals surface area contributed by atoms with Gasteiger partial charge in [0.1, 0.15) is 0 Å². The van der Waals surface area contributed by atoms with E-state index >= 15 is 0 Å². The van der Waals surface area contributed by atoms with Crippen LogP contribution < -0.4 is 10.6 Å². The Morgan fingerprint density at radius 2 is 2.04 bits per heavy atom. The summed E-state index contributed by atoms with van der Waals surface area (Å²) in [6.45, 7) is 2.21. The Balaban J connectivity index is 1.56. The Morgan fingerprint density at radius 1 is 1.25 bits per heavy atom. The van der Waals surface area contributed by atoms with Crippen molar-refractivity contribution in [3.8, 4) is 0 Å². The van der Waals surface area contributed by atoms with Gasteiger partial charge in [-0.15, -0.1) is 0 Å². The molecule has 1 aliphatic heterocycles. The van der Waals surface area contributed by atoms with Gasteiger partial charge in [0, 0.05) is 33.4 Å². The van der Waals surface area contributed by atoms with E-state index in [0.717, 1.165) is 25.1 Å². The van der Waals surface area contributed by atoms with E-state index < -0.39 is 0 Å². The van der Waals surface area contributed by atoms with Crippen LogP contribution in [-0.2, 0) is 16.1 Å². The summed E-state index contributed by atoms with van der Waals surface area (Å²) in [5, 5.41) is 11.1. The average molecular weight is 391 g/mol. The van der Waals surface area contributed by atoms with E-state index in [2.05, 4.69) is 26.5 Å². The molecule has 8 nitrogen and oxygen atoms in total. The van der Waals surface area contributed by atoms with E-state index in [1.165, 1.54) is 32.1 Å². The van der Waals surface area contributed by atoms with Crippen molar-refractivity contribution in [2.24, 2.45) is 4.99 Å². The molecule has 1 aliphatic carbocycles. The maximum absolute atomic E-state index is 11.9. The minimum absolute atomic E-state index is 0.00827. The molecular formula is C20H34N6O2. The molecule has 2 heterocycles. The first-order chi connectivity index (χ1) is 13.6. The van der Waals surface area contributed by atoms with Crippen LogP contribution in [0.5, 0.6) is 0 Å². The van der Waals surface area contributed by atoms with Crippen molar-refractivity contribution in [2.45, 2.75) is 63.6 Å². The number of aromatic nitrogens is 2. The van der Waals surface area contributed by atoms with Gasteiger partial charge in [0.25, 0.3) is 0 Å². The molecule has 1 amide bonds. The SMILES string of the molecule is CN(C)C(=O)CNC(=NCc1ccn(C2CCCC2)n1)NCC1CCCCO1. The fraction of sp³-hybridized carbons (Fsp3) is 0.750. The highest BCUT2D eigenvalue weighted by Gasteiger charge is 2.18. The quantitative estimate of drug-likeness (QED) is 0.547. The van der Waals surface area contributed by atoms with Gasteiger partial charge in [-0.2, -0.15) is 5.10 Å². The van der Waals surface area contributed by atoms with E-state index in [1.54, 1.807) is 19.0 Å². The molecule has 1 atom stereocenters. The van der Waals surface area contributed by atoms with Crippen molar-refractivity contribution in [3.63, 3.8) is 0 Å². The molecule has 156 valence electrons. The van der Waals surface area contributed by atoms with E-state index in [9.17, 15) is 4.79 Å². The standard InChI is InChI=1S/C20H34N6O2/c1-25(2)19(27)15-23-20(22-14-18-9-5-6-12-28-18)21-13-16-10-11-26(24-16)17-7-3-4-8-17/h10-11,17-18H,3-9,12-15H2,1-2H3,(H2,21,22,23). The van der Waals surface area contributed by atoms with Crippen molar-refractivity contribution in [3.05, 3.63) is 18.0 Å². The number of aliphatic imine (C=N–C) groups is 1. The summed E-state index contributed by atoms with van der Waals surface area (Å²) in [6.07, 6.45) is 10.7. The second-order valence-corrected chi connectivity index (χ2v) is 7.90. The van der Waals surface area contributed by atoms with Crippen LogP contribution in [0, 0.1) is 0 Å². The number of amides is 1. The topological polar surface area (TPSA) is 83.8 Å². The summed E-state index contributed by atoms with van der Waals surface area (Å²) < 4.78 is 7.87. The van der Waals surface area contributed by atoms with Crippen LogP contribution in [0.4, 0.5) is 0 Å². The highest BCUT2D eigenvalue weighted by molar-refractivity contribution is 5.86. The van der Waals surface area contributed by atoms with Crippen molar-refractivity contribution >= 4 is 11.9 Å². The fourth-order valence-electron chi connectivity index (χ4n) is 3.66. The number of nitrogens with one attached hydrogen (secondary N) is 2. The van der Waals surface area contributed by atoms with Crippen molar-refractivity contribution in [2.75, 3.05) is 33.8 Å². The lowest BCUT2D eigenvalue weighted by Gasteiger charge is -2.24. The predicted molar refractivity (Wildman–Crippen MR) is 109 cm³/mol. The molecule has 2 fully saturated rings. The third kappa shape index (κ3) is 6.22. The van der Waals surface area contributed by atoms with Crippen LogP contribution in [0.25, 0.3) is 0 Å². The summed E-state index contributed by atoms with van der Waals surface area (Å²) in [6, 6.07) is 2.57. The summed E-state index contributed by atoms with van der Waals surface area (Å²) in [4.78, 5) is 18.1. The number of nitrogens with zero attached hydrogens (tertiary/aromatic N) is 4. The second kappa shape index (κ2) is 10.5. The molecule has 2 aliphatic rings. The minimum atomic E-state index is 0.00827. The van der Waals surface area contributed by atoms with E-state index in [-0.39, 0.29) is 18.6 Å². The molecule has 1 saturated heterocycles. The van der Waals surface area contributed by atoms with Crippen LogP contribution in [0.1, 0.15) is 56.7 Å². The lowest BCUT2D eigenvalue weighted by Crippen LogP contribution is -2.45. The highest BCUT2D eigenvalue weighted by atomic mass is 16.5. The monoisotopic (exact) mass is 390 g/mol. The number of likely N-dealkylation sites (N-methyl/N-ethyl adjacent to an activating group) is 1. The predicted octanol–water partition coefficient (Wildman–Crippen LogP) is 1.69. The lowest BCUT2D eigenvalue weighted by atomic mass is 10.1. The van der Waals surface area contributed by atoms with Gasteiger partial charge in [0.2, 0.25) is 5.91 Å². The van der Waals surface area contributed by atoms with E-state index in [0.29, 0.717) is 25.1 Å². The third-order valence-electron chi connectivity index (χ3n) is 5.44. The normalized spacial score (nSPS) is 20.9. The molecular weight excluding hydrogens is 356 g/mol. The van der Waals surface area contributed by atoms with Gasteiger partial charge in [-0.1, -0.05) is 12.8 Å². The molecule has 1 aromatic rings. The minimum Gasteiger partial charge on any atom is -0.376 e. The summed E-state index contributed by atoms with van der Waals surface area (Å²) >= 11 is 0. The van der Waals surface area contributed by atoms with Gasteiger partial charge in [-0.3, -0.25) is 9.48 Å². The van der Waals surface area contributed by atoms with Crippen LogP contribution in [0.15, 0.2) is 17.3 Å². The first-order valence-electron chi connectivity index (χ1n) is 10.5. The smallest absolute Gasteiger partial charge is 0.241 e.